The van der Waals surface area contributed by atoms with Gasteiger partial charge in [0.05, 0.1) is 0 Å². The molecular weight excluding hydrogens is 214 g/mol. The summed E-state index contributed by atoms with van der Waals surface area (Å²) in [5.74, 6) is 0. The standard InChI is InChI=1S/C9H9N3S2/c1-5-6(3-2-4-7(5)13)8-11-12-9(10)14-8/h2-4,13H,1H3,(H2,10,12). The zero-order valence-electron chi connectivity index (χ0n) is 7.56. The summed E-state index contributed by atoms with van der Waals surface area (Å²) >= 11 is 5.74. The minimum atomic E-state index is 0.490. The zero-order valence-corrected chi connectivity index (χ0v) is 9.27. The van der Waals surface area contributed by atoms with Crippen LogP contribution in [0.2, 0.25) is 0 Å². The summed E-state index contributed by atoms with van der Waals surface area (Å²) in [4.78, 5) is 0.955. The zero-order chi connectivity index (χ0) is 10.1. The smallest absolute Gasteiger partial charge is 0.203 e. The molecule has 0 bridgehead atoms. The third kappa shape index (κ3) is 1.60. The summed E-state index contributed by atoms with van der Waals surface area (Å²) < 4.78 is 0. The minimum absolute atomic E-state index is 0.490. The summed E-state index contributed by atoms with van der Waals surface area (Å²) in [6.07, 6.45) is 0. The number of aromatic nitrogens is 2. The molecule has 2 aromatic rings. The number of nitrogen functional groups attached to an aromatic ring is 1. The first-order chi connectivity index (χ1) is 6.68. The van der Waals surface area contributed by atoms with Gasteiger partial charge >= 0.3 is 0 Å². The molecule has 3 nitrogen and oxygen atoms in total. The van der Waals surface area contributed by atoms with E-state index < -0.39 is 0 Å². The highest BCUT2D eigenvalue weighted by molar-refractivity contribution is 7.80. The van der Waals surface area contributed by atoms with Crippen molar-refractivity contribution in [2.24, 2.45) is 0 Å². The van der Waals surface area contributed by atoms with Crippen molar-refractivity contribution in [3.63, 3.8) is 0 Å². The molecule has 0 spiro atoms. The van der Waals surface area contributed by atoms with Crippen LogP contribution in [0.1, 0.15) is 5.56 Å². The Balaban J connectivity index is 2.57. The SMILES string of the molecule is Cc1c(S)cccc1-c1nnc(N)s1. The van der Waals surface area contributed by atoms with Crippen LogP contribution in [0.15, 0.2) is 23.1 Å². The van der Waals surface area contributed by atoms with Crippen LogP contribution in [-0.2, 0) is 0 Å². The van der Waals surface area contributed by atoms with Gasteiger partial charge in [-0.3, -0.25) is 0 Å². The third-order valence-electron chi connectivity index (χ3n) is 1.98. The normalized spacial score (nSPS) is 10.4. The second-order valence-electron chi connectivity index (χ2n) is 2.90. The fraction of sp³-hybridized carbons (Fsp3) is 0.111. The Labute approximate surface area is 91.4 Å². The molecule has 0 radical (unpaired) electrons. The van der Waals surface area contributed by atoms with E-state index in [1.165, 1.54) is 11.3 Å². The van der Waals surface area contributed by atoms with E-state index in [0.29, 0.717) is 5.13 Å². The molecular formula is C9H9N3S2. The second-order valence-corrected chi connectivity index (χ2v) is 4.39. The molecule has 0 fully saturated rings. The lowest BCUT2D eigenvalue weighted by Gasteiger charge is -2.03. The maximum atomic E-state index is 5.53. The highest BCUT2D eigenvalue weighted by Crippen LogP contribution is 2.30. The number of benzene rings is 1. The molecule has 0 aliphatic carbocycles. The van der Waals surface area contributed by atoms with Gasteiger partial charge in [0.1, 0.15) is 5.01 Å². The van der Waals surface area contributed by atoms with Crippen LogP contribution in [0.3, 0.4) is 0 Å². The number of anilines is 1. The van der Waals surface area contributed by atoms with Crippen molar-refractivity contribution >= 4 is 29.1 Å². The first-order valence-electron chi connectivity index (χ1n) is 4.06. The van der Waals surface area contributed by atoms with E-state index >= 15 is 0 Å². The van der Waals surface area contributed by atoms with Crippen molar-refractivity contribution in [1.29, 1.82) is 0 Å². The molecule has 72 valence electrons. The number of thiol groups is 1. The molecule has 5 heteroatoms. The van der Waals surface area contributed by atoms with Gasteiger partial charge in [-0.05, 0) is 18.6 Å². The molecule has 0 atom stereocenters. The highest BCUT2D eigenvalue weighted by atomic mass is 32.1. The Kier molecular flexibility index (Phi) is 2.43. The average Bonchev–Trinajstić information content (AvgIpc) is 2.57. The third-order valence-corrected chi connectivity index (χ3v) is 3.25. The minimum Gasteiger partial charge on any atom is -0.374 e. The van der Waals surface area contributed by atoms with Gasteiger partial charge in [-0.1, -0.05) is 23.5 Å². The highest BCUT2D eigenvalue weighted by Gasteiger charge is 2.08. The molecule has 1 heterocycles. The molecule has 1 aromatic heterocycles. The number of hydrogen-bond donors (Lipinski definition) is 2. The molecule has 14 heavy (non-hydrogen) atoms. The molecule has 0 aliphatic heterocycles. The quantitative estimate of drug-likeness (QED) is 0.730. The molecule has 1 aromatic carbocycles. The van der Waals surface area contributed by atoms with Crippen LogP contribution in [-0.4, -0.2) is 10.2 Å². The molecule has 2 rings (SSSR count). The second kappa shape index (κ2) is 3.59. The van der Waals surface area contributed by atoms with Crippen LogP contribution >= 0.6 is 24.0 Å². The number of hydrogen-bond acceptors (Lipinski definition) is 5. The summed E-state index contributed by atoms with van der Waals surface area (Å²) in [6, 6.07) is 5.89. The summed E-state index contributed by atoms with van der Waals surface area (Å²) in [6.45, 7) is 2.01. The van der Waals surface area contributed by atoms with Crippen LogP contribution in [0.5, 0.6) is 0 Å². The van der Waals surface area contributed by atoms with Crippen LogP contribution in [0.4, 0.5) is 5.13 Å². The van der Waals surface area contributed by atoms with Gasteiger partial charge in [0.15, 0.2) is 0 Å². The largest absolute Gasteiger partial charge is 0.374 e. The predicted molar refractivity (Wildman–Crippen MR) is 61.7 cm³/mol. The Hall–Kier alpha value is -1.07. The van der Waals surface area contributed by atoms with E-state index in [1.807, 2.05) is 25.1 Å². The monoisotopic (exact) mass is 223 g/mol. The van der Waals surface area contributed by atoms with Crippen LogP contribution < -0.4 is 5.73 Å². The van der Waals surface area contributed by atoms with Gasteiger partial charge in [0, 0.05) is 10.5 Å². The molecule has 0 saturated carbocycles. The maximum absolute atomic E-state index is 5.53. The van der Waals surface area contributed by atoms with E-state index in [-0.39, 0.29) is 0 Å². The van der Waals surface area contributed by atoms with Gasteiger partial charge in [0.25, 0.3) is 0 Å². The molecule has 0 saturated heterocycles. The maximum Gasteiger partial charge on any atom is 0.203 e. The predicted octanol–water partition coefficient (Wildman–Crippen LogP) is 2.38. The number of nitrogens with zero attached hydrogens (tertiary/aromatic N) is 2. The summed E-state index contributed by atoms with van der Waals surface area (Å²) in [5, 5.41) is 9.12. The average molecular weight is 223 g/mol. The molecule has 0 unspecified atom stereocenters. The van der Waals surface area contributed by atoms with Crippen molar-refractivity contribution in [2.75, 3.05) is 5.73 Å². The lowest BCUT2D eigenvalue weighted by molar-refractivity contribution is 1.10. The number of rotatable bonds is 1. The van der Waals surface area contributed by atoms with Gasteiger partial charge in [0.2, 0.25) is 5.13 Å². The summed E-state index contributed by atoms with van der Waals surface area (Å²) in [5.41, 5.74) is 7.68. The molecule has 0 aliphatic rings. The first-order valence-corrected chi connectivity index (χ1v) is 5.33. The van der Waals surface area contributed by atoms with Crippen molar-refractivity contribution in [3.8, 4) is 10.6 Å². The first kappa shape index (κ1) is 9.48. The Bertz CT molecular complexity index is 465. The molecule has 0 amide bonds. The Morgan fingerprint density at radius 1 is 1.36 bits per heavy atom. The van der Waals surface area contributed by atoms with Crippen molar-refractivity contribution in [3.05, 3.63) is 23.8 Å². The topological polar surface area (TPSA) is 51.8 Å². The lowest BCUT2D eigenvalue weighted by Crippen LogP contribution is -1.84. The summed E-state index contributed by atoms with van der Waals surface area (Å²) in [7, 11) is 0. The van der Waals surface area contributed by atoms with Gasteiger partial charge in [-0.2, -0.15) is 0 Å². The molecule has 2 N–H and O–H groups in total. The van der Waals surface area contributed by atoms with E-state index in [2.05, 4.69) is 22.8 Å². The fourth-order valence-electron chi connectivity index (χ4n) is 1.20. The van der Waals surface area contributed by atoms with E-state index in [9.17, 15) is 0 Å². The number of nitrogens with two attached hydrogens (primary N) is 1. The van der Waals surface area contributed by atoms with Gasteiger partial charge in [-0.15, -0.1) is 22.8 Å². The van der Waals surface area contributed by atoms with E-state index in [1.54, 1.807) is 0 Å². The Morgan fingerprint density at radius 3 is 2.79 bits per heavy atom. The Morgan fingerprint density at radius 2 is 2.14 bits per heavy atom. The van der Waals surface area contributed by atoms with Crippen LogP contribution in [0.25, 0.3) is 10.6 Å². The van der Waals surface area contributed by atoms with Crippen molar-refractivity contribution < 1.29 is 0 Å². The lowest BCUT2D eigenvalue weighted by atomic mass is 10.1. The fourth-order valence-corrected chi connectivity index (χ4v) is 2.10. The van der Waals surface area contributed by atoms with E-state index in [0.717, 1.165) is 21.0 Å². The van der Waals surface area contributed by atoms with Crippen molar-refractivity contribution in [1.82, 2.24) is 10.2 Å². The van der Waals surface area contributed by atoms with Gasteiger partial charge in [-0.25, -0.2) is 0 Å². The van der Waals surface area contributed by atoms with Gasteiger partial charge < -0.3 is 5.73 Å². The van der Waals surface area contributed by atoms with Crippen molar-refractivity contribution in [2.45, 2.75) is 11.8 Å². The van der Waals surface area contributed by atoms with E-state index in [4.69, 9.17) is 5.73 Å². The van der Waals surface area contributed by atoms with Crippen LogP contribution in [0, 0.1) is 6.92 Å².